The summed E-state index contributed by atoms with van der Waals surface area (Å²) in [7, 11) is 0. The summed E-state index contributed by atoms with van der Waals surface area (Å²) in [5.41, 5.74) is 1.67. The van der Waals surface area contributed by atoms with E-state index in [9.17, 15) is 18.8 Å². The predicted octanol–water partition coefficient (Wildman–Crippen LogP) is 1.89. The first-order chi connectivity index (χ1) is 13.6. The van der Waals surface area contributed by atoms with E-state index in [-0.39, 0.29) is 13.2 Å². The van der Waals surface area contributed by atoms with Gasteiger partial charge in [0.15, 0.2) is 0 Å². The Labute approximate surface area is 160 Å². The predicted molar refractivity (Wildman–Crippen MR) is 101 cm³/mol. The van der Waals surface area contributed by atoms with Gasteiger partial charge in [0, 0.05) is 17.3 Å². The molecule has 2 aromatic carbocycles. The number of hydrogen-bond donors (Lipinski definition) is 1. The van der Waals surface area contributed by atoms with Gasteiger partial charge < -0.3 is 10.1 Å². The molecular formula is C20H18FN3O4. The monoisotopic (exact) mass is 383 g/mol. The Hall–Kier alpha value is -3.55. The van der Waals surface area contributed by atoms with Crippen molar-refractivity contribution >= 4 is 30.2 Å². The van der Waals surface area contributed by atoms with E-state index in [2.05, 4.69) is 10.3 Å². The second-order valence-corrected chi connectivity index (χ2v) is 5.91. The van der Waals surface area contributed by atoms with Crippen LogP contribution in [-0.2, 0) is 19.1 Å². The fourth-order valence-corrected chi connectivity index (χ4v) is 3.00. The molecule has 0 aromatic heterocycles. The Morgan fingerprint density at radius 1 is 1.25 bits per heavy atom. The Morgan fingerprint density at radius 2 is 2.00 bits per heavy atom. The molecule has 1 atom stereocenters. The minimum atomic E-state index is -1.20. The van der Waals surface area contributed by atoms with Crippen molar-refractivity contribution in [2.45, 2.75) is 13.1 Å². The topological polar surface area (TPSA) is 88.1 Å². The molecule has 0 bridgehead atoms. The van der Waals surface area contributed by atoms with Crippen LogP contribution < -0.4 is 10.2 Å². The number of aliphatic imine (C=N–C) groups is 1. The van der Waals surface area contributed by atoms with E-state index >= 15 is 0 Å². The molecule has 3 rings (SSSR count). The normalized spacial score (nSPS) is 15.6. The zero-order valence-corrected chi connectivity index (χ0v) is 15.1. The van der Waals surface area contributed by atoms with Crippen molar-refractivity contribution in [3.63, 3.8) is 0 Å². The average molecular weight is 383 g/mol. The molecule has 1 unspecified atom stereocenters. The molecule has 7 nitrogen and oxygen atoms in total. The van der Waals surface area contributed by atoms with Crippen molar-refractivity contribution in [2.24, 2.45) is 4.99 Å². The molecule has 0 spiro atoms. The van der Waals surface area contributed by atoms with Crippen LogP contribution >= 0.6 is 0 Å². The highest BCUT2D eigenvalue weighted by Crippen LogP contribution is 2.33. The van der Waals surface area contributed by atoms with E-state index in [0.29, 0.717) is 28.8 Å². The third kappa shape index (κ3) is 3.75. The van der Waals surface area contributed by atoms with Crippen molar-refractivity contribution in [1.29, 1.82) is 0 Å². The smallest absolute Gasteiger partial charge is 0.326 e. The number of nitrogens with one attached hydrogen (secondary N) is 1. The van der Waals surface area contributed by atoms with Crippen LogP contribution in [0.25, 0.3) is 11.1 Å². The van der Waals surface area contributed by atoms with Crippen LogP contribution in [0.5, 0.6) is 0 Å². The number of halogens is 1. The molecule has 0 fully saturated rings. The number of amides is 2. The molecular weight excluding hydrogens is 365 g/mol. The van der Waals surface area contributed by atoms with Gasteiger partial charge in [-0.1, -0.05) is 30.3 Å². The first kappa shape index (κ1) is 19.2. The minimum Gasteiger partial charge on any atom is -0.465 e. The molecule has 8 heteroatoms. The molecule has 1 N–H and O–H groups in total. The highest BCUT2D eigenvalue weighted by molar-refractivity contribution is 6.10. The van der Waals surface area contributed by atoms with E-state index in [0.717, 1.165) is 0 Å². The van der Waals surface area contributed by atoms with Crippen LogP contribution in [0.1, 0.15) is 12.5 Å². The number of rotatable bonds is 6. The van der Waals surface area contributed by atoms with Crippen molar-refractivity contribution < 1.29 is 23.5 Å². The lowest BCUT2D eigenvalue weighted by atomic mass is 9.98. The Kier molecular flexibility index (Phi) is 5.78. The summed E-state index contributed by atoms with van der Waals surface area (Å²) < 4.78 is 19.3. The van der Waals surface area contributed by atoms with Gasteiger partial charge >= 0.3 is 5.97 Å². The van der Waals surface area contributed by atoms with Gasteiger partial charge in [-0.15, -0.1) is 0 Å². The Bertz CT molecular complexity index is 945. The van der Waals surface area contributed by atoms with Crippen LogP contribution in [0, 0.1) is 5.82 Å². The maximum Gasteiger partial charge on any atom is 0.326 e. The number of carbonyl (C=O) groups excluding carboxylic acids is 3. The average Bonchev–Trinajstić information content (AvgIpc) is 2.81. The zero-order valence-electron chi connectivity index (χ0n) is 15.1. The number of fused-ring (bicyclic) bond motifs is 1. The van der Waals surface area contributed by atoms with Gasteiger partial charge in [0.05, 0.1) is 12.3 Å². The second kappa shape index (κ2) is 8.43. The first-order valence-electron chi connectivity index (χ1n) is 8.64. The van der Waals surface area contributed by atoms with E-state index in [1.807, 2.05) is 0 Å². The van der Waals surface area contributed by atoms with E-state index in [4.69, 9.17) is 4.74 Å². The van der Waals surface area contributed by atoms with Gasteiger partial charge in [-0.05, 0) is 24.6 Å². The summed E-state index contributed by atoms with van der Waals surface area (Å²) in [6.45, 7) is 1.46. The lowest BCUT2D eigenvalue weighted by molar-refractivity contribution is -0.142. The van der Waals surface area contributed by atoms with E-state index in [1.54, 1.807) is 43.3 Å². The van der Waals surface area contributed by atoms with Crippen molar-refractivity contribution in [3.8, 4) is 11.1 Å². The fourth-order valence-electron chi connectivity index (χ4n) is 3.00. The summed E-state index contributed by atoms with van der Waals surface area (Å²) >= 11 is 0. The quantitative estimate of drug-likeness (QED) is 0.610. The van der Waals surface area contributed by atoms with Crippen molar-refractivity contribution in [3.05, 3.63) is 53.8 Å². The van der Waals surface area contributed by atoms with Crippen molar-refractivity contribution in [1.82, 2.24) is 5.32 Å². The van der Waals surface area contributed by atoms with Gasteiger partial charge in [-0.3, -0.25) is 24.3 Å². The van der Waals surface area contributed by atoms with E-state index in [1.165, 1.54) is 17.2 Å². The molecule has 0 saturated carbocycles. The number of carbonyl (C=O) groups is 3. The van der Waals surface area contributed by atoms with Crippen LogP contribution in [-0.4, -0.2) is 43.8 Å². The molecule has 2 aromatic rings. The SMILES string of the molecule is CCOC(=O)CN1C(=O)C(NC=O)N=Cc2c(-c3ccccc3F)cccc21. The minimum absolute atomic E-state index is 0.162. The lowest BCUT2D eigenvalue weighted by Crippen LogP contribution is -2.47. The van der Waals surface area contributed by atoms with Crippen LogP contribution in [0.2, 0.25) is 0 Å². The number of hydrogen-bond acceptors (Lipinski definition) is 5. The number of benzodiazepines with no additional fused rings is 1. The summed E-state index contributed by atoms with van der Waals surface area (Å²) in [6, 6.07) is 11.2. The van der Waals surface area contributed by atoms with Gasteiger partial charge in [0.1, 0.15) is 12.4 Å². The van der Waals surface area contributed by atoms with Gasteiger partial charge in [0.2, 0.25) is 12.6 Å². The molecule has 0 radical (unpaired) electrons. The Balaban J connectivity index is 2.15. The zero-order chi connectivity index (χ0) is 20.1. The maximum absolute atomic E-state index is 14.4. The summed E-state index contributed by atoms with van der Waals surface area (Å²) in [6.07, 6.45) is 0.560. The molecule has 0 aliphatic carbocycles. The lowest BCUT2D eigenvalue weighted by Gasteiger charge is -2.24. The fraction of sp³-hybridized carbons (Fsp3) is 0.200. The number of benzene rings is 2. The molecule has 28 heavy (non-hydrogen) atoms. The molecule has 2 amide bonds. The van der Waals surface area contributed by atoms with Crippen LogP contribution in [0.4, 0.5) is 10.1 Å². The van der Waals surface area contributed by atoms with Gasteiger partial charge in [-0.2, -0.15) is 0 Å². The Morgan fingerprint density at radius 3 is 2.71 bits per heavy atom. The summed E-state index contributed by atoms with van der Waals surface area (Å²) in [5.74, 6) is -1.63. The first-order valence-corrected chi connectivity index (χ1v) is 8.64. The number of anilines is 1. The summed E-state index contributed by atoms with van der Waals surface area (Å²) in [4.78, 5) is 41.1. The highest BCUT2D eigenvalue weighted by Gasteiger charge is 2.31. The van der Waals surface area contributed by atoms with Gasteiger partial charge in [0.25, 0.3) is 5.91 Å². The van der Waals surface area contributed by atoms with Crippen molar-refractivity contribution in [2.75, 3.05) is 18.1 Å². The largest absolute Gasteiger partial charge is 0.465 e. The molecule has 1 aliphatic heterocycles. The second-order valence-electron chi connectivity index (χ2n) is 5.91. The number of ether oxygens (including phenoxy) is 1. The standard InChI is InChI=1S/C20H18FN3O4/c1-2-28-18(26)11-24-17-9-5-7-13(14-6-3-4-8-16(14)21)15(17)10-22-19(20(24)27)23-12-25/h3-10,12,19H,2,11H2,1H3,(H,23,25). The molecule has 144 valence electrons. The van der Waals surface area contributed by atoms with E-state index < -0.39 is 23.9 Å². The number of esters is 1. The molecule has 1 heterocycles. The third-order valence-corrected chi connectivity index (χ3v) is 4.21. The number of nitrogens with zero attached hydrogens (tertiary/aromatic N) is 2. The molecule has 1 aliphatic rings. The third-order valence-electron chi connectivity index (χ3n) is 4.21. The summed E-state index contributed by atoms with van der Waals surface area (Å²) in [5, 5.41) is 2.32. The highest BCUT2D eigenvalue weighted by atomic mass is 19.1. The van der Waals surface area contributed by atoms with Crippen LogP contribution in [0.3, 0.4) is 0 Å². The van der Waals surface area contributed by atoms with Crippen LogP contribution in [0.15, 0.2) is 47.5 Å². The molecule has 0 saturated heterocycles. The maximum atomic E-state index is 14.4. The van der Waals surface area contributed by atoms with Gasteiger partial charge in [-0.25, -0.2) is 4.39 Å².